The molecule has 2 N–H and O–H groups in total. The van der Waals surface area contributed by atoms with Gasteiger partial charge < -0.3 is 15.4 Å². The zero-order valence-electron chi connectivity index (χ0n) is 19.4. The van der Waals surface area contributed by atoms with Crippen molar-refractivity contribution in [2.45, 2.75) is 63.9 Å². The Hall–Kier alpha value is -2.34. The number of allylic oxidation sites excluding steroid dienone is 1. The fourth-order valence-electron chi connectivity index (χ4n) is 5.43. The van der Waals surface area contributed by atoms with E-state index in [0.29, 0.717) is 24.3 Å². The molecule has 0 bridgehead atoms. The van der Waals surface area contributed by atoms with Crippen LogP contribution in [-0.2, 0) is 14.3 Å². The zero-order valence-corrected chi connectivity index (χ0v) is 19.4. The first-order valence-corrected chi connectivity index (χ1v) is 12.2. The number of piperazine rings is 1. The van der Waals surface area contributed by atoms with Gasteiger partial charge in [0.15, 0.2) is 5.60 Å². The fourth-order valence-corrected chi connectivity index (χ4v) is 5.43. The van der Waals surface area contributed by atoms with Crippen LogP contribution in [0.4, 0.5) is 5.69 Å². The van der Waals surface area contributed by atoms with Crippen molar-refractivity contribution < 1.29 is 14.3 Å². The molecule has 6 nitrogen and oxygen atoms in total. The molecule has 1 saturated carbocycles. The van der Waals surface area contributed by atoms with E-state index in [0.717, 1.165) is 71.2 Å². The Morgan fingerprint density at radius 1 is 1.12 bits per heavy atom. The van der Waals surface area contributed by atoms with Crippen molar-refractivity contribution in [3.8, 4) is 0 Å². The molecule has 4 rings (SSSR count). The van der Waals surface area contributed by atoms with Crippen LogP contribution < -0.4 is 10.6 Å². The highest BCUT2D eigenvalue weighted by Gasteiger charge is 2.44. The molecule has 0 spiro atoms. The molecule has 2 aliphatic carbocycles. The van der Waals surface area contributed by atoms with Crippen LogP contribution in [0.25, 0.3) is 0 Å². The molecule has 1 amide bonds. The molecule has 32 heavy (non-hydrogen) atoms. The molecule has 1 heterocycles. The summed E-state index contributed by atoms with van der Waals surface area (Å²) < 4.78 is 5.73. The molecule has 0 atom stereocenters. The first kappa shape index (κ1) is 22.8. The van der Waals surface area contributed by atoms with Gasteiger partial charge in [-0.25, -0.2) is 4.79 Å². The van der Waals surface area contributed by atoms with E-state index in [1.165, 1.54) is 11.3 Å². The van der Waals surface area contributed by atoms with Gasteiger partial charge in [-0.15, -0.1) is 0 Å². The summed E-state index contributed by atoms with van der Waals surface area (Å²) >= 11 is 0. The lowest BCUT2D eigenvalue weighted by Crippen LogP contribution is -2.50. The zero-order chi connectivity index (χ0) is 22.6. The third kappa shape index (κ3) is 5.17. The van der Waals surface area contributed by atoms with Crippen LogP contribution >= 0.6 is 0 Å². The Kier molecular flexibility index (Phi) is 7.19. The van der Waals surface area contributed by atoms with Gasteiger partial charge in [-0.3, -0.25) is 9.69 Å². The predicted molar refractivity (Wildman–Crippen MR) is 126 cm³/mol. The largest absolute Gasteiger partial charge is 0.446 e. The molecule has 2 fully saturated rings. The second-order valence-corrected chi connectivity index (χ2v) is 9.72. The number of anilines is 1. The van der Waals surface area contributed by atoms with Crippen LogP contribution in [0, 0.1) is 12.8 Å². The molecule has 0 unspecified atom stereocenters. The number of benzene rings is 1. The Morgan fingerprint density at radius 3 is 2.47 bits per heavy atom. The van der Waals surface area contributed by atoms with Gasteiger partial charge in [-0.05, 0) is 82.4 Å². The highest BCUT2D eigenvalue weighted by Crippen LogP contribution is 2.37. The monoisotopic (exact) mass is 439 g/mol. The lowest BCUT2D eigenvalue weighted by Gasteiger charge is -2.39. The van der Waals surface area contributed by atoms with Gasteiger partial charge >= 0.3 is 5.97 Å². The van der Waals surface area contributed by atoms with Crippen molar-refractivity contribution in [1.29, 1.82) is 0 Å². The first-order chi connectivity index (χ1) is 15.5. The number of carbonyl (C=O) groups excluding carboxylic acids is 2. The lowest BCUT2D eigenvalue weighted by molar-refractivity contribution is -0.168. The van der Waals surface area contributed by atoms with E-state index in [9.17, 15) is 9.59 Å². The maximum Gasteiger partial charge on any atom is 0.334 e. The van der Waals surface area contributed by atoms with Gasteiger partial charge in [0, 0.05) is 37.4 Å². The van der Waals surface area contributed by atoms with Gasteiger partial charge in [-0.1, -0.05) is 24.3 Å². The molecule has 1 aromatic rings. The molecule has 1 aromatic carbocycles. The number of esters is 1. The quantitative estimate of drug-likeness (QED) is 0.658. The van der Waals surface area contributed by atoms with Crippen LogP contribution in [0.15, 0.2) is 35.9 Å². The summed E-state index contributed by atoms with van der Waals surface area (Å²) in [6, 6.07) is 8.61. The number of nitrogens with zero attached hydrogens (tertiary/aromatic N) is 2. The Morgan fingerprint density at radius 2 is 1.84 bits per heavy atom. The second kappa shape index (κ2) is 10.1. The molecule has 1 saturated heterocycles. The molecule has 3 aliphatic rings. The Bertz CT molecular complexity index is 850. The smallest absolute Gasteiger partial charge is 0.334 e. The van der Waals surface area contributed by atoms with E-state index >= 15 is 0 Å². The number of aryl methyl sites for hydroxylation is 1. The van der Waals surface area contributed by atoms with E-state index in [4.69, 9.17) is 10.5 Å². The molecule has 0 aromatic heterocycles. The van der Waals surface area contributed by atoms with Gasteiger partial charge in [0.25, 0.3) is 5.91 Å². The number of hydrogen-bond acceptors (Lipinski definition) is 5. The van der Waals surface area contributed by atoms with Crippen LogP contribution in [0.2, 0.25) is 0 Å². The van der Waals surface area contributed by atoms with Crippen molar-refractivity contribution in [2.75, 3.05) is 37.6 Å². The summed E-state index contributed by atoms with van der Waals surface area (Å²) in [7, 11) is 0. The average molecular weight is 440 g/mol. The predicted octanol–water partition coefficient (Wildman–Crippen LogP) is 3.57. The van der Waals surface area contributed by atoms with E-state index in [1.807, 2.05) is 6.08 Å². The minimum atomic E-state index is -1.11. The van der Waals surface area contributed by atoms with Gasteiger partial charge in [0.2, 0.25) is 0 Å². The normalized spacial score (nSPS) is 26.6. The molecular formula is C26H37N3O3. The van der Waals surface area contributed by atoms with Crippen molar-refractivity contribution in [2.24, 2.45) is 11.7 Å². The standard InChI is InChI=1S/C26H37N3O3/c1-20-6-2-5-9-23(20)29-18-16-28(17-19-29)15-12-21-10-13-26(14-11-21,25(27)31)32-24(30)22-7-3-4-8-22/h2,5-7,9,21H,3-4,8,10-19H2,1H3,(H2,27,31). The van der Waals surface area contributed by atoms with E-state index < -0.39 is 11.5 Å². The highest BCUT2D eigenvalue weighted by atomic mass is 16.6. The van der Waals surface area contributed by atoms with Crippen molar-refractivity contribution in [1.82, 2.24) is 4.90 Å². The summed E-state index contributed by atoms with van der Waals surface area (Å²) in [5, 5.41) is 0. The van der Waals surface area contributed by atoms with E-state index in [2.05, 4.69) is 41.0 Å². The summed E-state index contributed by atoms with van der Waals surface area (Å²) in [6.07, 6.45) is 8.56. The first-order valence-electron chi connectivity index (χ1n) is 12.2. The lowest BCUT2D eigenvalue weighted by atomic mass is 9.77. The van der Waals surface area contributed by atoms with Gasteiger partial charge in [-0.2, -0.15) is 0 Å². The fraction of sp³-hybridized carbons (Fsp3) is 0.615. The number of nitrogens with two attached hydrogens (primary N) is 1. The van der Waals surface area contributed by atoms with E-state index in [1.54, 1.807) is 0 Å². The molecular weight excluding hydrogens is 402 g/mol. The summed E-state index contributed by atoms with van der Waals surface area (Å²) in [5.74, 6) is -0.275. The second-order valence-electron chi connectivity index (χ2n) is 9.72. The van der Waals surface area contributed by atoms with Gasteiger partial charge in [0.05, 0.1) is 0 Å². The van der Waals surface area contributed by atoms with E-state index in [-0.39, 0.29) is 5.97 Å². The SMILES string of the molecule is Cc1ccccc1N1CCN(CCC2CCC(OC(=O)C3=CCCC3)(C(N)=O)CC2)CC1. The average Bonchev–Trinajstić information content (AvgIpc) is 3.35. The molecule has 0 radical (unpaired) electrons. The summed E-state index contributed by atoms with van der Waals surface area (Å²) in [5.41, 5.74) is 7.99. The van der Waals surface area contributed by atoms with Crippen LogP contribution in [-0.4, -0.2) is 55.1 Å². The number of primary amides is 1. The topological polar surface area (TPSA) is 75.9 Å². The van der Waals surface area contributed by atoms with Crippen LogP contribution in [0.1, 0.15) is 56.9 Å². The highest BCUT2D eigenvalue weighted by molar-refractivity contribution is 5.93. The van der Waals surface area contributed by atoms with Crippen molar-refractivity contribution >= 4 is 17.6 Å². The number of hydrogen-bond donors (Lipinski definition) is 1. The molecule has 6 heteroatoms. The van der Waals surface area contributed by atoms with Crippen molar-refractivity contribution in [3.63, 3.8) is 0 Å². The number of ether oxygens (including phenoxy) is 1. The number of rotatable bonds is 7. The van der Waals surface area contributed by atoms with Gasteiger partial charge in [0.1, 0.15) is 0 Å². The maximum atomic E-state index is 12.5. The minimum absolute atomic E-state index is 0.341. The number of amides is 1. The third-order valence-corrected chi connectivity index (χ3v) is 7.64. The summed E-state index contributed by atoms with van der Waals surface area (Å²) in [4.78, 5) is 29.7. The summed E-state index contributed by atoms with van der Waals surface area (Å²) in [6.45, 7) is 7.55. The van der Waals surface area contributed by atoms with Crippen molar-refractivity contribution in [3.05, 3.63) is 41.5 Å². The Labute approximate surface area is 191 Å². The number of carbonyl (C=O) groups is 2. The molecule has 174 valence electrons. The number of para-hydroxylation sites is 1. The maximum absolute atomic E-state index is 12.5. The third-order valence-electron chi connectivity index (χ3n) is 7.64. The molecule has 1 aliphatic heterocycles. The Balaban J connectivity index is 1.22. The van der Waals surface area contributed by atoms with Crippen LogP contribution in [0.3, 0.4) is 0 Å². The van der Waals surface area contributed by atoms with Crippen LogP contribution in [0.5, 0.6) is 0 Å². The minimum Gasteiger partial charge on any atom is -0.446 e.